The highest BCUT2D eigenvalue weighted by molar-refractivity contribution is 7.09. The van der Waals surface area contributed by atoms with Gasteiger partial charge in [-0.3, -0.25) is 4.79 Å². The fourth-order valence-electron chi connectivity index (χ4n) is 2.95. The Morgan fingerprint density at radius 1 is 1.36 bits per heavy atom. The van der Waals surface area contributed by atoms with Crippen LogP contribution in [0.1, 0.15) is 54.5 Å². The zero-order valence-corrected chi connectivity index (χ0v) is 16.4. The summed E-state index contributed by atoms with van der Waals surface area (Å²) in [6, 6.07) is 7.17. The van der Waals surface area contributed by atoms with Gasteiger partial charge in [-0.25, -0.2) is 0 Å². The van der Waals surface area contributed by atoms with Gasteiger partial charge in [-0.2, -0.15) is 4.99 Å². The molecule has 0 atom stereocenters. The van der Waals surface area contributed by atoms with Crippen LogP contribution in [-0.2, 0) is 12.0 Å². The molecule has 1 amide bonds. The van der Waals surface area contributed by atoms with Crippen molar-refractivity contribution in [2.75, 3.05) is 7.11 Å². The molecule has 0 unspecified atom stereocenters. The molecule has 0 bridgehead atoms. The second-order valence-electron chi connectivity index (χ2n) is 7.75. The molecule has 0 N–H and O–H groups in total. The molecule has 1 aliphatic carbocycles. The van der Waals surface area contributed by atoms with Crippen molar-refractivity contribution in [2.45, 2.75) is 52.5 Å². The highest BCUT2D eigenvalue weighted by atomic mass is 32.1. The number of thiazole rings is 1. The normalized spacial score (nSPS) is 15.5. The third kappa shape index (κ3) is 4.03. The fraction of sp³-hybridized carbons (Fsp3) is 0.500. The van der Waals surface area contributed by atoms with Crippen molar-refractivity contribution in [1.29, 1.82) is 0 Å². The number of amides is 1. The number of carbonyl (C=O) groups excluding carboxylic acids is 1. The van der Waals surface area contributed by atoms with Gasteiger partial charge in [-0.1, -0.05) is 26.8 Å². The van der Waals surface area contributed by atoms with Gasteiger partial charge in [0.25, 0.3) is 5.91 Å². The highest BCUT2D eigenvalue weighted by Crippen LogP contribution is 2.33. The molecule has 1 aliphatic rings. The third-order valence-electron chi connectivity index (χ3n) is 4.49. The van der Waals surface area contributed by atoms with Crippen molar-refractivity contribution in [1.82, 2.24) is 4.57 Å². The predicted molar refractivity (Wildman–Crippen MR) is 101 cm³/mol. The molecule has 0 spiro atoms. The first-order chi connectivity index (χ1) is 11.8. The predicted octanol–water partition coefficient (Wildman–Crippen LogP) is 4.32. The number of hydrogen-bond donors (Lipinski definition) is 0. The van der Waals surface area contributed by atoms with Crippen molar-refractivity contribution in [3.63, 3.8) is 0 Å². The fourth-order valence-corrected chi connectivity index (χ4v) is 4.14. The molecule has 134 valence electrons. The van der Waals surface area contributed by atoms with Crippen LogP contribution in [0.15, 0.2) is 29.3 Å². The van der Waals surface area contributed by atoms with Crippen LogP contribution in [0.25, 0.3) is 0 Å². The molecule has 3 rings (SSSR count). The lowest BCUT2D eigenvalue weighted by Crippen LogP contribution is -2.19. The topological polar surface area (TPSA) is 43.6 Å². The Morgan fingerprint density at radius 2 is 2.08 bits per heavy atom. The number of benzene rings is 1. The Labute approximate surface area is 153 Å². The van der Waals surface area contributed by atoms with E-state index in [4.69, 9.17) is 4.74 Å². The molecule has 1 aromatic carbocycles. The number of methoxy groups -OCH3 is 1. The smallest absolute Gasteiger partial charge is 0.279 e. The minimum atomic E-state index is -0.217. The van der Waals surface area contributed by atoms with Crippen LogP contribution in [-0.4, -0.2) is 17.6 Å². The summed E-state index contributed by atoms with van der Waals surface area (Å²) in [6.45, 7) is 9.74. The molecular formula is C20H26N2O2S. The van der Waals surface area contributed by atoms with Gasteiger partial charge in [0.05, 0.1) is 7.11 Å². The second kappa shape index (κ2) is 6.79. The minimum absolute atomic E-state index is 0.0484. The van der Waals surface area contributed by atoms with E-state index in [-0.39, 0.29) is 11.3 Å². The van der Waals surface area contributed by atoms with E-state index in [1.807, 2.05) is 12.1 Å². The lowest BCUT2D eigenvalue weighted by atomic mass is 9.93. The van der Waals surface area contributed by atoms with Crippen molar-refractivity contribution < 1.29 is 9.53 Å². The Bertz CT molecular complexity index is 851. The highest BCUT2D eigenvalue weighted by Gasteiger charge is 2.27. The number of aromatic nitrogens is 1. The molecule has 0 aliphatic heterocycles. The molecule has 25 heavy (non-hydrogen) atoms. The van der Waals surface area contributed by atoms with E-state index in [0.29, 0.717) is 11.3 Å². The first-order valence-electron chi connectivity index (χ1n) is 8.73. The molecule has 1 heterocycles. The van der Waals surface area contributed by atoms with Crippen LogP contribution in [0.2, 0.25) is 0 Å². The van der Waals surface area contributed by atoms with Gasteiger partial charge in [0.15, 0.2) is 4.80 Å². The van der Waals surface area contributed by atoms with Crippen molar-refractivity contribution >= 4 is 17.2 Å². The monoisotopic (exact) mass is 358 g/mol. The molecule has 0 saturated heterocycles. The van der Waals surface area contributed by atoms with E-state index in [1.165, 1.54) is 23.4 Å². The summed E-state index contributed by atoms with van der Waals surface area (Å²) in [6.07, 6.45) is 2.55. The third-order valence-corrected chi connectivity index (χ3v) is 6.10. The lowest BCUT2D eigenvalue weighted by molar-refractivity contribution is 0.0997. The van der Waals surface area contributed by atoms with Gasteiger partial charge >= 0.3 is 0 Å². The van der Waals surface area contributed by atoms with Crippen LogP contribution >= 0.6 is 11.3 Å². The summed E-state index contributed by atoms with van der Waals surface area (Å²) in [5.41, 5.74) is 1.84. The summed E-state index contributed by atoms with van der Waals surface area (Å²) >= 11 is 1.64. The summed E-state index contributed by atoms with van der Waals surface area (Å²) in [5.74, 6) is 1.18. The Balaban J connectivity index is 2.04. The van der Waals surface area contributed by atoms with Gasteiger partial charge in [-0.05, 0) is 49.3 Å². The Hall–Kier alpha value is -1.88. The standard InChI is InChI=1S/C20H26N2O2S/c1-13-17(20(2,3)4)25-19(22(13)12-14-9-10-14)21-18(23)15-7-6-8-16(11-15)24-5/h6-8,11,14H,9-10,12H2,1-5H3/b21-19-. The zero-order chi connectivity index (χ0) is 18.2. The van der Waals surface area contributed by atoms with Crippen molar-refractivity contribution in [2.24, 2.45) is 10.9 Å². The zero-order valence-electron chi connectivity index (χ0n) is 15.6. The maximum atomic E-state index is 12.7. The number of rotatable bonds is 4. The van der Waals surface area contributed by atoms with E-state index in [1.54, 1.807) is 30.6 Å². The van der Waals surface area contributed by atoms with E-state index < -0.39 is 0 Å². The van der Waals surface area contributed by atoms with Gasteiger partial charge in [0, 0.05) is 22.7 Å². The quantitative estimate of drug-likeness (QED) is 0.817. The van der Waals surface area contributed by atoms with Gasteiger partial charge in [0.2, 0.25) is 0 Å². The Morgan fingerprint density at radius 3 is 2.68 bits per heavy atom. The van der Waals surface area contributed by atoms with Crippen LogP contribution in [0.5, 0.6) is 5.75 Å². The molecule has 2 aromatic rings. The lowest BCUT2D eigenvalue weighted by Gasteiger charge is -2.17. The van der Waals surface area contributed by atoms with Gasteiger partial charge < -0.3 is 9.30 Å². The number of ether oxygens (including phenoxy) is 1. The van der Waals surface area contributed by atoms with Gasteiger partial charge in [0.1, 0.15) is 5.75 Å². The van der Waals surface area contributed by atoms with E-state index >= 15 is 0 Å². The summed E-state index contributed by atoms with van der Waals surface area (Å²) in [4.78, 5) is 19.2. The molecular weight excluding hydrogens is 332 g/mol. The number of nitrogens with zero attached hydrogens (tertiary/aromatic N) is 2. The molecule has 1 aromatic heterocycles. The summed E-state index contributed by atoms with van der Waals surface area (Å²) < 4.78 is 7.45. The number of carbonyl (C=O) groups is 1. The average Bonchev–Trinajstić information content (AvgIpc) is 3.33. The first kappa shape index (κ1) is 17.9. The summed E-state index contributed by atoms with van der Waals surface area (Å²) in [5, 5.41) is 0. The maximum Gasteiger partial charge on any atom is 0.279 e. The van der Waals surface area contributed by atoms with Crippen LogP contribution in [0.3, 0.4) is 0 Å². The van der Waals surface area contributed by atoms with Gasteiger partial charge in [-0.15, -0.1) is 11.3 Å². The van der Waals surface area contributed by atoms with E-state index in [0.717, 1.165) is 17.3 Å². The van der Waals surface area contributed by atoms with E-state index in [9.17, 15) is 4.79 Å². The molecule has 1 fully saturated rings. The largest absolute Gasteiger partial charge is 0.497 e. The molecule has 0 radical (unpaired) electrons. The second-order valence-corrected chi connectivity index (χ2v) is 8.73. The molecule has 5 heteroatoms. The van der Waals surface area contributed by atoms with Crippen LogP contribution in [0.4, 0.5) is 0 Å². The number of hydrogen-bond acceptors (Lipinski definition) is 3. The molecule has 1 saturated carbocycles. The van der Waals surface area contributed by atoms with Crippen LogP contribution < -0.4 is 9.54 Å². The van der Waals surface area contributed by atoms with Crippen LogP contribution in [0, 0.1) is 12.8 Å². The van der Waals surface area contributed by atoms with E-state index in [2.05, 4.69) is 37.3 Å². The first-order valence-corrected chi connectivity index (χ1v) is 9.55. The minimum Gasteiger partial charge on any atom is -0.497 e. The maximum absolute atomic E-state index is 12.7. The summed E-state index contributed by atoms with van der Waals surface area (Å²) in [7, 11) is 1.60. The Kier molecular flexibility index (Phi) is 4.87. The SMILES string of the molecule is COc1cccc(C(=O)/N=c2\sc(C(C)(C)C)c(C)n2CC2CC2)c1. The van der Waals surface area contributed by atoms with Crippen molar-refractivity contribution in [3.8, 4) is 5.75 Å². The molecule has 4 nitrogen and oxygen atoms in total. The average molecular weight is 359 g/mol. The van der Waals surface area contributed by atoms with Crippen molar-refractivity contribution in [3.05, 3.63) is 45.2 Å².